The van der Waals surface area contributed by atoms with Gasteiger partial charge in [-0.3, -0.25) is 18.6 Å². The number of halogens is 1. The molecular weight excluding hydrogens is 449 g/mol. The molecule has 4 rings (SSSR count). The van der Waals surface area contributed by atoms with Gasteiger partial charge < -0.3 is 14.8 Å². The molecule has 4 aromatic rings. The lowest BCUT2D eigenvalue weighted by Gasteiger charge is -2.13. The Kier molecular flexibility index (Phi) is 6.31. The largest absolute Gasteiger partial charge is 0.497 e. The minimum absolute atomic E-state index is 0.0921. The molecule has 0 bridgehead atoms. The van der Waals surface area contributed by atoms with Crippen molar-refractivity contribution in [2.45, 2.75) is 17.3 Å². The second kappa shape index (κ2) is 9.33. The van der Waals surface area contributed by atoms with Gasteiger partial charge in [-0.25, -0.2) is 4.39 Å². The quantitative estimate of drug-likeness (QED) is 0.415. The highest BCUT2D eigenvalue weighted by atomic mass is 32.2. The summed E-state index contributed by atoms with van der Waals surface area (Å²) in [6, 6.07) is 10.6. The van der Waals surface area contributed by atoms with Gasteiger partial charge >= 0.3 is 5.56 Å². The monoisotopic (exact) mass is 469 g/mol. The fourth-order valence-corrected chi connectivity index (χ4v) is 3.92. The molecule has 0 spiro atoms. The topological polar surface area (TPSA) is 99.8 Å². The number of amides is 1. The highest BCUT2D eigenvalue weighted by molar-refractivity contribution is 8.00. The van der Waals surface area contributed by atoms with Crippen LogP contribution in [-0.2, 0) is 4.79 Å². The summed E-state index contributed by atoms with van der Waals surface area (Å²) >= 11 is 1.16. The van der Waals surface area contributed by atoms with Gasteiger partial charge in [-0.15, -0.1) is 10.2 Å². The van der Waals surface area contributed by atoms with Crippen molar-refractivity contribution < 1.29 is 18.7 Å². The summed E-state index contributed by atoms with van der Waals surface area (Å²) < 4.78 is 26.5. The Labute approximate surface area is 192 Å². The Hall–Kier alpha value is -3.86. The molecule has 0 aliphatic rings. The average Bonchev–Trinajstić information content (AvgIpc) is 3.23. The van der Waals surface area contributed by atoms with Gasteiger partial charge in [-0.2, -0.15) is 0 Å². The number of methoxy groups -OCH3 is 2. The molecule has 0 saturated carbocycles. The third-order valence-corrected chi connectivity index (χ3v) is 5.87. The highest BCUT2D eigenvalue weighted by Crippen LogP contribution is 2.27. The van der Waals surface area contributed by atoms with Crippen LogP contribution in [0.25, 0.3) is 11.3 Å². The zero-order valence-electron chi connectivity index (χ0n) is 18.0. The molecule has 1 atom stereocenters. The van der Waals surface area contributed by atoms with E-state index in [4.69, 9.17) is 9.47 Å². The second-order valence-corrected chi connectivity index (χ2v) is 8.28. The van der Waals surface area contributed by atoms with Crippen LogP contribution in [0.3, 0.4) is 0 Å². The summed E-state index contributed by atoms with van der Waals surface area (Å²) in [7, 11) is 3.05. The first-order chi connectivity index (χ1) is 15.9. The molecule has 170 valence electrons. The molecule has 1 amide bonds. The number of carbonyl (C=O) groups excluding carboxylic acids is 1. The van der Waals surface area contributed by atoms with Crippen LogP contribution >= 0.6 is 11.8 Å². The second-order valence-electron chi connectivity index (χ2n) is 6.98. The maximum absolute atomic E-state index is 13.2. The summed E-state index contributed by atoms with van der Waals surface area (Å²) in [6.07, 6.45) is 3.17. The van der Waals surface area contributed by atoms with Crippen molar-refractivity contribution in [2.75, 3.05) is 19.5 Å². The van der Waals surface area contributed by atoms with Crippen molar-refractivity contribution in [3.05, 3.63) is 71.0 Å². The van der Waals surface area contributed by atoms with Gasteiger partial charge in [0.2, 0.25) is 11.6 Å². The normalized spacial score (nSPS) is 11.9. The van der Waals surface area contributed by atoms with Crippen molar-refractivity contribution in [3.63, 3.8) is 0 Å². The summed E-state index contributed by atoms with van der Waals surface area (Å²) in [4.78, 5) is 25.6. The molecule has 2 aromatic carbocycles. The van der Waals surface area contributed by atoms with Crippen LogP contribution in [0, 0.1) is 5.82 Å². The average molecular weight is 469 g/mol. The van der Waals surface area contributed by atoms with Crippen molar-refractivity contribution in [1.82, 2.24) is 19.2 Å². The predicted octanol–water partition coefficient (Wildman–Crippen LogP) is 3.16. The van der Waals surface area contributed by atoms with Crippen molar-refractivity contribution in [2.24, 2.45) is 0 Å². The number of nitrogens with one attached hydrogen (secondary N) is 1. The molecule has 0 aliphatic heterocycles. The van der Waals surface area contributed by atoms with Gasteiger partial charge in [0.1, 0.15) is 17.3 Å². The first-order valence-corrected chi connectivity index (χ1v) is 10.7. The van der Waals surface area contributed by atoms with Crippen molar-refractivity contribution >= 4 is 29.0 Å². The van der Waals surface area contributed by atoms with Crippen LogP contribution in [0.15, 0.2) is 64.8 Å². The number of aromatic nitrogens is 4. The van der Waals surface area contributed by atoms with Crippen molar-refractivity contribution in [3.8, 4) is 17.2 Å². The molecule has 2 heterocycles. The number of thioether (sulfide) groups is 1. The smallest absolute Gasteiger partial charge is 0.300 e. The van der Waals surface area contributed by atoms with Crippen LogP contribution in [0.5, 0.6) is 11.5 Å². The Morgan fingerprint density at radius 1 is 1.06 bits per heavy atom. The number of anilines is 1. The van der Waals surface area contributed by atoms with Crippen LogP contribution in [0.2, 0.25) is 0 Å². The molecule has 0 radical (unpaired) electrons. The number of nitrogens with zero attached hydrogens (tertiary/aromatic N) is 4. The van der Waals surface area contributed by atoms with Gasteiger partial charge in [0.25, 0.3) is 0 Å². The Balaban J connectivity index is 1.54. The van der Waals surface area contributed by atoms with E-state index in [1.165, 1.54) is 47.5 Å². The maximum atomic E-state index is 13.2. The zero-order valence-corrected chi connectivity index (χ0v) is 18.8. The number of carbonyl (C=O) groups is 1. The number of rotatable bonds is 7. The van der Waals surface area contributed by atoms with Gasteiger partial charge in [0.05, 0.1) is 19.5 Å². The molecule has 0 aliphatic carbocycles. The van der Waals surface area contributed by atoms with Crippen LogP contribution in [0.4, 0.5) is 10.1 Å². The van der Waals surface area contributed by atoms with E-state index in [2.05, 4.69) is 15.5 Å². The van der Waals surface area contributed by atoms with E-state index in [0.717, 1.165) is 11.8 Å². The number of hydrogen-bond donors (Lipinski definition) is 1. The van der Waals surface area contributed by atoms with Gasteiger partial charge in [0, 0.05) is 42.0 Å². The van der Waals surface area contributed by atoms with E-state index in [0.29, 0.717) is 28.0 Å². The highest BCUT2D eigenvalue weighted by Gasteiger charge is 2.20. The number of hydrogen-bond acceptors (Lipinski definition) is 7. The first-order valence-electron chi connectivity index (χ1n) is 9.82. The molecule has 11 heteroatoms. The lowest BCUT2D eigenvalue weighted by molar-refractivity contribution is -0.115. The van der Waals surface area contributed by atoms with E-state index in [1.807, 2.05) is 0 Å². The minimum atomic E-state index is -0.547. The molecule has 2 aromatic heterocycles. The molecule has 0 unspecified atom stereocenters. The molecule has 0 fully saturated rings. The molecule has 0 saturated heterocycles. The van der Waals surface area contributed by atoms with Crippen LogP contribution < -0.4 is 20.3 Å². The summed E-state index contributed by atoms with van der Waals surface area (Å²) in [5, 5.41) is 10.7. The van der Waals surface area contributed by atoms with Crippen LogP contribution in [0.1, 0.15) is 6.92 Å². The summed E-state index contributed by atoms with van der Waals surface area (Å²) in [5.41, 5.74) is 0.706. The molecule has 33 heavy (non-hydrogen) atoms. The Bertz CT molecular complexity index is 1350. The predicted molar refractivity (Wildman–Crippen MR) is 122 cm³/mol. The van der Waals surface area contributed by atoms with Crippen molar-refractivity contribution in [1.29, 1.82) is 0 Å². The Morgan fingerprint density at radius 2 is 1.73 bits per heavy atom. The SMILES string of the molecule is COc1cc(NC(=O)[C@H](C)Sc2nnc3c(=O)n(-c4ccc(F)cc4)ccn23)cc(OC)c1. The molecular formula is C22H20FN5O4S. The van der Waals surface area contributed by atoms with Crippen LogP contribution in [-0.4, -0.2) is 44.5 Å². The van der Waals surface area contributed by atoms with E-state index in [-0.39, 0.29) is 11.6 Å². The summed E-state index contributed by atoms with van der Waals surface area (Å²) in [5.74, 6) is 0.428. The number of benzene rings is 2. The lowest BCUT2D eigenvalue weighted by atomic mass is 10.2. The van der Waals surface area contributed by atoms with Gasteiger partial charge in [-0.05, 0) is 31.2 Å². The molecule has 1 N–H and O–H groups in total. The number of ether oxygens (including phenoxy) is 2. The molecule has 9 nitrogen and oxygen atoms in total. The maximum Gasteiger partial charge on any atom is 0.300 e. The van der Waals surface area contributed by atoms with E-state index < -0.39 is 16.6 Å². The fourth-order valence-electron chi connectivity index (χ4n) is 3.09. The Morgan fingerprint density at radius 3 is 2.36 bits per heavy atom. The van der Waals surface area contributed by atoms with Gasteiger partial charge in [-0.1, -0.05) is 11.8 Å². The standard InChI is InChI=1S/C22H20FN5O4S/c1-13(20(29)24-15-10-17(31-2)12-18(11-15)32-3)33-22-26-25-19-21(30)27(8-9-28(19)22)16-6-4-14(23)5-7-16/h4-13H,1-3H3,(H,24,29)/t13-/m0/s1. The first kappa shape index (κ1) is 22.3. The summed E-state index contributed by atoms with van der Waals surface area (Å²) in [6.45, 7) is 1.72. The third kappa shape index (κ3) is 4.67. The number of fused-ring (bicyclic) bond motifs is 1. The van der Waals surface area contributed by atoms with E-state index in [1.54, 1.807) is 37.5 Å². The van der Waals surface area contributed by atoms with E-state index in [9.17, 15) is 14.0 Å². The fraction of sp³-hybridized carbons (Fsp3) is 0.182. The van der Waals surface area contributed by atoms with E-state index >= 15 is 0 Å². The minimum Gasteiger partial charge on any atom is -0.497 e. The van der Waals surface area contributed by atoms with Gasteiger partial charge in [0.15, 0.2) is 5.16 Å². The third-order valence-electron chi connectivity index (χ3n) is 4.81. The zero-order chi connectivity index (χ0) is 23.5. The lowest BCUT2D eigenvalue weighted by Crippen LogP contribution is -2.23.